The van der Waals surface area contributed by atoms with Gasteiger partial charge in [0.15, 0.2) is 6.10 Å². The average Bonchev–Trinajstić information content (AvgIpc) is 3.30. The summed E-state index contributed by atoms with van der Waals surface area (Å²) in [6.45, 7) is 4.51. The fourth-order valence-corrected chi connectivity index (χ4v) is 9.76. The highest BCUT2D eigenvalue weighted by Gasteiger charge is 2.27. The third kappa shape index (κ3) is 54.3. The number of phosphoric ester groups is 1. The Morgan fingerprint density at radius 1 is 0.397 bits per heavy atom. The number of carbonyl (C=O) groups excluding carboxylic acids is 2. The number of quaternary nitrogens is 1. The van der Waals surface area contributed by atoms with Crippen LogP contribution in [-0.4, -0.2) is 74.9 Å². The smallest absolute Gasteiger partial charge is 0.462 e. The summed E-state index contributed by atoms with van der Waals surface area (Å²) in [4.78, 5) is 35.7. The van der Waals surface area contributed by atoms with E-state index in [0.717, 1.165) is 38.5 Å². The molecule has 2 atom stereocenters. The van der Waals surface area contributed by atoms with Crippen LogP contribution in [0.2, 0.25) is 0 Å². The molecule has 0 saturated carbocycles. The van der Waals surface area contributed by atoms with Crippen molar-refractivity contribution in [2.45, 2.75) is 315 Å². The Kier molecular flexibility index (Phi) is 50.2. The SMILES string of the molecule is CCCCCCCCCCCCCCCCCCCCCCCCCCCCCC(=O)OC(COC(=O)CCCCCCCCCCCCCCCCCCC)COP(=O)(O)OCC[N+](C)(C)C. The molecule has 2 unspecified atom stereocenters. The minimum Gasteiger partial charge on any atom is -0.462 e. The van der Waals surface area contributed by atoms with E-state index in [1.807, 2.05) is 21.1 Å². The zero-order valence-corrected chi connectivity index (χ0v) is 47.0. The van der Waals surface area contributed by atoms with Crippen molar-refractivity contribution < 1.29 is 42.1 Å². The number of unbranched alkanes of at least 4 members (excludes halogenated alkanes) is 42. The summed E-state index contributed by atoms with van der Waals surface area (Å²) in [7, 11) is 1.50. The molecule has 0 rings (SSSR count). The molecule has 9 nitrogen and oxygen atoms in total. The number of hydrogen-bond donors (Lipinski definition) is 1. The third-order valence-corrected chi connectivity index (χ3v) is 14.6. The molecule has 10 heteroatoms. The van der Waals surface area contributed by atoms with Gasteiger partial charge in [-0.1, -0.05) is 284 Å². The summed E-state index contributed by atoms with van der Waals surface area (Å²) < 4.78 is 34.6. The van der Waals surface area contributed by atoms with Crippen LogP contribution < -0.4 is 0 Å². The highest BCUT2D eigenvalue weighted by atomic mass is 31.2. The van der Waals surface area contributed by atoms with Gasteiger partial charge in [-0.2, -0.15) is 0 Å². The normalized spacial score (nSPS) is 13.2. The first-order chi connectivity index (χ1) is 33.0. The molecule has 0 heterocycles. The molecule has 0 spiro atoms. The van der Waals surface area contributed by atoms with Crippen molar-refractivity contribution >= 4 is 19.8 Å². The predicted octanol–water partition coefficient (Wildman–Crippen LogP) is 18.3. The average molecular weight is 988 g/mol. The Bertz CT molecular complexity index is 1120. The van der Waals surface area contributed by atoms with Crippen molar-refractivity contribution in [3.05, 3.63) is 0 Å². The molecule has 0 amide bonds. The molecule has 68 heavy (non-hydrogen) atoms. The van der Waals surface area contributed by atoms with Crippen molar-refractivity contribution in [3.8, 4) is 0 Å². The van der Waals surface area contributed by atoms with Crippen LogP contribution in [0.3, 0.4) is 0 Å². The fourth-order valence-electron chi connectivity index (χ4n) is 9.02. The molecule has 0 aliphatic heterocycles. The molecule has 0 fully saturated rings. The van der Waals surface area contributed by atoms with Crippen molar-refractivity contribution in [3.63, 3.8) is 0 Å². The number of esters is 2. The van der Waals surface area contributed by atoms with Gasteiger partial charge in [0.1, 0.15) is 19.8 Å². The Morgan fingerprint density at radius 2 is 0.662 bits per heavy atom. The van der Waals surface area contributed by atoms with E-state index in [2.05, 4.69) is 13.8 Å². The van der Waals surface area contributed by atoms with Crippen LogP contribution in [0.1, 0.15) is 309 Å². The molecule has 0 bridgehead atoms. The maximum atomic E-state index is 12.8. The molecular weight excluding hydrogens is 870 g/mol. The minimum absolute atomic E-state index is 0.0374. The molecule has 0 aromatic heterocycles. The quantitative estimate of drug-likeness (QED) is 0.0278. The zero-order chi connectivity index (χ0) is 49.9. The third-order valence-electron chi connectivity index (χ3n) is 13.6. The van der Waals surface area contributed by atoms with E-state index in [1.54, 1.807) is 0 Å². The standard InChI is InChI=1S/C58H116NO8P/c1-6-8-10-12-14-16-18-20-22-24-25-26-27-28-29-30-31-32-33-35-37-39-41-43-45-47-49-51-58(61)67-56(55-66-68(62,63)65-53-52-59(3,4)5)54-64-57(60)50-48-46-44-42-40-38-36-34-23-21-19-17-15-13-11-9-7-2/h56H,6-55H2,1-5H3/p+1. The monoisotopic (exact) mass is 987 g/mol. The Hall–Kier alpha value is -0.990. The van der Waals surface area contributed by atoms with Crippen LogP contribution >= 0.6 is 7.82 Å². The lowest BCUT2D eigenvalue weighted by molar-refractivity contribution is -0.870. The van der Waals surface area contributed by atoms with Crippen LogP contribution in [-0.2, 0) is 32.7 Å². The second kappa shape index (κ2) is 50.9. The maximum Gasteiger partial charge on any atom is 0.472 e. The fraction of sp³-hybridized carbons (Fsp3) is 0.966. The van der Waals surface area contributed by atoms with Crippen molar-refractivity contribution in [1.29, 1.82) is 0 Å². The first kappa shape index (κ1) is 67.0. The van der Waals surface area contributed by atoms with E-state index < -0.39 is 26.5 Å². The van der Waals surface area contributed by atoms with E-state index in [-0.39, 0.29) is 25.6 Å². The number of hydrogen-bond acceptors (Lipinski definition) is 7. The molecule has 0 radical (unpaired) electrons. The van der Waals surface area contributed by atoms with Crippen LogP contribution in [0.15, 0.2) is 0 Å². The summed E-state index contributed by atoms with van der Waals surface area (Å²) in [5.74, 6) is -0.773. The number of nitrogens with zero attached hydrogens (tertiary/aromatic N) is 1. The second-order valence-corrected chi connectivity index (χ2v) is 23.2. The molecule has 0 aliphatic carbocycles. The topological polar surface area (TPSA) is 108 Å². The molecule has 0 aliphatic rings. The van der Waals surface area contributed by atoms with Crippen molar-refractivity contribution in [2.24, 2.45) is 0 Å². The molecule has 0 aromatic rings. The van der Waals surface area contributed by atoms with Crippen molar-refractivity contribution in [2.75, 3.05) is 47.5 Å². The van der Waals surface area contributed by atoms with Gasteiger partial charge in [-0.15, -0.1) is 0 Å². The Morgan fingerprint density at radius 3 is 0.941 bits per heavy atom. The van der Waals surface area contributed by atoms with Gasteiger partial charge in [-0.3, -0.25) is 18.6 Å². The van der Waals surface area contributed by atoms with Gasteiger partial charge in [0, 0.05) is 12.8 Å². The van der Waals surface area contributed by atoms with E-state index in [0.29, 0.717) is 17.4 Å². The Labute approximate surface area is 423 Å². The molecule has 1 N–H and O–H groups in total. The molecular formula is C58H117NO8P+. The minimum atomic E-state index is -4.38. The van der Waals surface area contributed by atoms with Gasteiger partial charge in [-0.05, 0) is 12.8 Å². The largest absolute Gasteiger partial charge is 0.472 e. The molecule has 0 saturated heterocycles. The lowest BCUT2D eigenvalue weighted by Crippen LogP contribution is -2.37. The van der Waals surface area contributed by atoms with Gasteiger partial charge in [0.2, 0.25) is 0 Å². The highest BCUT2D eigenvalue weighted by molar-refractivity contribution is 7.47. The number of phosphoric acid groups is 1. The van der Waals surface area contributed by atoms with Crippen LogP contribution in [0.5, 0.6) is 0 Å². The van der Waals surface area contributed by atoms with Crippen molar-refractivity contribution in [1.82, 2.24) is 0 Å². The summed E-state index contributed by atoms with van der Waals surface area (Å²) in [6, 6.07) is 0. The molecule has 0 aromatic carbocycles. The Balaban J connectivity index is 4.05. The number of ether oxygens (including phenoxy) is 2. The lowest BCUT2D eigenvalue weighted by Gasteiger charge is -2.24. The van der Waals surface area contributed by atoms with E-state index in [9.17, 15) is 19.0 Å². The van der Waals surface area contributed by atoms with E-state index >= 15 is 0 Å². The molecule has 406 valence electrons. The van der Waals surface area contributed by atoms with Crippen LogP contribution in [0.4, 0.5) is 0 Å². The van der Waals surface area contributed by atoms with Gasteiger partial charge in [0.25, 0.3) is 0 Å². The number of likely N-dealkylation sites (N-methyl/N-ethyl adjacent to an activating group) is 1. The van der Waals surface area contributed by atoms with Gasteiger partial charge >= 0.3 is 19.8 Å². The maximum absolute atomic E-state index is 12.8. The predicted molar refractivity (Wildman–Crippen MR) is 289 cm³/mol. The summed E-state index contributed by atoms with van der Waals surface area (Å²) in [6.07, 6.45) is 57.5. The number of rotatable bonds is 56. The summed E-state index contributed by atoms with van der Waals surface area (Å²) >= 11 is 0. The van der Waals surface area contributed by atoms with Crippen LogP contribution in [0, 0.1) is 0 Å². The highest BCUT2D eigenvalue weighted by Crippen LogP contribution is 2.43. The van der Waals surface area contributed by atoms with Gasteiger partial charge in [0.05, 0.1) is 27.7 Å². The van der Waals surface area contributed by atoms with E-state index in [1.165, 1.54) is 244 Å². The van der Waals surface area contributed by atoms with Crippen LogP contribution in [0.25, 0.3) is 0 Å². The summed E-state index contributed by atoms with van der Waals surface area (Å²) in [5, 5.41) is 0. The van der Waals surface area contributed by atoms with Gasteiger partial charge in [-0.25, -0.2) is 4.57 Å². The zero-order valence-electron chi connectivity index (χ0n) is 46.1. The van der Waals surface area contributed by atoms with Gasteiger partial charge < -0.3 is 18.9 Å². The van der Waals surface area contributed by atoms with E-state index in [4.69, 9.17) is 18.5 Å². The first-order valence-electron chi connectivity index (χ1n) is 29.8. The number of carbonyl (C=O) groups is 2. The summed E-state index contributed by atoms with van der Waals surface area (Å²) in [5.41, 5.74) is 0. The first-order valence-corrected chi connectivity index (χ1v) is 31.3. The lowest BCUT2D eigenvalue weighted by atomic mass is 10.0. The second-order valence-electron chi connectivity index (χ2n) is 21.8.